The Balaban J connectivity index is 1.68. The van der Waals surface area contributed by atoms with Crippen LogP contribution in [0.3, 0.4) is 0 Å². The van der Waals surface area contributed by atoms with Gasteiger partial charge in [0.2, 0.25) is 10.0 Å². The molecule has 4 rings (SSSR count). The van der Waals surface area contributed by atoms with Crippen LogP contribution < -0.4 is 14.4 Å². The molecule has 1 N–H and O–H groups in total. The first kappa shape index (κ1) is 25.8. The highest BCUT2D eigenvalue weighted by atomic mass is 35.5. The van der Waals surface area contributed by atoms with Crippen LogP contribution in [0.2, 0.25) is 5.02 Å². The molecule has 1 aliphatic heterocycles. The van der Waals surface area contributed by atoms with Crippen molar-refractivity contribution in [3.8, 4) is 5.75 Å². The van der Waals surface area contributed by atoms with Crippen LogP contribution in [-0.2, 0) is 27.8 Å². The maximum atomic E-state index is 12.7. The van der Waals surface area contributed by atoms with Crippen LogP contribution in [-0.4, -0.2) is 46.4 Å². The smallest absolute Gasteiger partial charge is 0.264 e. The first-order valence-corrected chi connectivity index (χ1v) is 14.2. The summed E-state index contributed by atoms with van der Waals surface area (Å²) in [5.41, 5.74) is 3.36. The van der Waals surface area contributed by atoms with Crippen LogP contribution in [0.5, 0.6) is 5.75 Å². The maximum Gasteiger partial charge on any atom is 0.264 e. The maximum absolute atomic E-state index is 12.7. The van der Waals surface area contributed by atoms with Crippen molar-refractivity contribution in [3.63, 3.8) is 0 Å². The van der Waals surface area contributed by atoms with Crippen molar-refractivity contribution in [2.24, 2.45) is 5.92 Å². The summed E-state index contributed by atoms with van der Waals surface area (Å²) in [6.45, 7) is 3.45. The number of carbonyl (C=O) groups excluding carboxylic acids is 1. The second kappa shape index (κ2) is 11.2. The van der Waals surface area contributed by atoms with Crippen LogP contribution in [0.1, 0.15) is 54.1 Å². The van der Waals surface area contributed by atoms with E-state index in [0.717, 1.165) is 56.4 Å². The van der Waals surface area contributed by atoms with Gasteiger partial charge in [-0.2, -0.15) is 0 Å². The molecule has 2 aromatic carbocycles. The van der Waals surface area contributed by atoms with Crippen molar-refractivity contribution in [2.45, 2.75) is 51.7 Å². The Morgan fingerprint density at radius 1 is 1.17 bits per heavy atom. The van der Waals surface area contributed by atoms with Gasteiger partial charge in [-0.05, 0) is 80.5 Å². The zero-order valence-electron chi connectivity index (χ0n) is 20.3. The van der Waals surface area contributed by atoms with Gasteiger partial charge in [0.1, 0.15) is 12.4 Å². The average molecular weight is 521 g/mol. The molecular weight excluding hydrogens is 488 g/mol. The minimum atomic E-state index is -3.66. The molecule has 9 heteroatoms. The van der Waals surface area contributed by atoms with E-state index in [-0.39, 0.29) is 17.4 Å². The van der Waals surface area contributed by atoms with Gasteiger partial charge in [-0.1, -0.05) is 17.7 Å². The van der Waals surface area contributed by atoms with Crippen molar-refractivity contribution < 1.29 is 22.7 Å². The van der Waals surface area contributed by atoms with E-state index in [2.05, 4.69) is 9.62 Å². The molecule has 1 saturated carbocycles. The molecule has 35 heavy (non-hydrogen) atoms. The molecular formula is C26H33ClN2O5S. The molecule has 0 bridgehead atoms. The third-order valence-corrected chi connectivity index (χ3v) is 8.46. The summed E-state index contributed by atoms with van der Waals surface area (Å²) in [5, 5.41) is 0.717. The predicted octanol–water partition coefficient (Wildman–Crippen LogP) is 4.57. The zero-order chi connectivity index (χ0) is 25.0. The third-order valence-electron chi connectivity index (χ3n) is 6.97. The molecule has 190 valence electrons. The monoisotopic (exact) mass is 520 g/mol. The van der Waals surface area contributed by atoms with E-state index in [1.54, 1.807) is 25.3 Å². The van der Waals surface area contributed by atoms with Crippen molar-refractivity contribution in [1.82, 2.24) is 4.72 Å². The highest BCUT2D eigenvalue weighted by molar-refractivity contribution is 7.90. The Hall–Kier alpha value is -2.29. The quantitative estimate of drug-likeness (QED) is 0.600. The van der Waals surface area contributed by atoms with Gasteiger partial charge in [-0.25, -0.2) is 13.1 Å². The van der Waals surface area contributed by atoms with Gasteiger partial charge in [0.25, 0.3) is 5.91 Å². The molecule has 2 aromatic rings. The third kappa shape index (κ3) is 6.29. The highest BCUT2D eigenvalue weighted by Gasteiger charge is 2.33. The number of amides is 1. The second-order valence-corrected chi connectivity index (χ2v) is 11.7. The van der Waals surface area contributed by atoms with Crippen LogP contribution in [0.15, 0.2) is 36.4 Å². The van der Waals surface area contributed by atoms with E-state index >= 15 is 0 Å². The highest BCUT2D eigenvalue weighted by Crippen LogP contribution is 2.36. The topological polar surface area (TPSA) is 84.9 Å². The van der Waals surface area contributed by atoms with Crippen LogP contribution >= 0.6 is 11.6 Å². The Kier molecular flexibility index (Phi) is 8.24. The van der Waals surface area contributed by atoms with E-state index in [9.17, 15) is 13.2 Å². The summed E-state index contributed by atoms with van der Waals surface area (Å²) in [6.07, 6.45) is 5.22. The van der Waals surface area contributed by atoms with Gasteiger partial charge in [-0.15, -0.1) is 0 Å². The van der Waals surface area contributed by atoms with Gasteiger partial charge in [0.15, 0.2) is 0 Å². The first-order valence-electron chi connectivity index (χ1n) is 12.2. The van der Waals surface area contributed by atoms with Gasteiger partial charge in [0, 0.05) is 36.7 Å². The number of carbonyl (C=O) groups is 1. The summed E-state index contributed by atoms with van der Waals surface area (Å²) < 4.78 is 38.0. The number of rotatable bonds is 6. The van der Waals surface area contributed by atoms with Gasteiger partial charge in [0.05, 0.1) is 17.5 Å². The summed E-state index contributed by atoms with van der Waals surface area (Å²) in [6, 6.07) is 11.0. The molecule has 0 unspecified atom stereocenters. The Morgan fingerprint density at radius 3 is 2.71 bits per heavy atom. The normalized spacial score (nSPS) is 20.5. The number of ether oxygens (including phenoxy) is 2. The number of hydrogen-bond acceptors (Lipinski definition) is 6. The standard InChI is InChI=1S/C26H33ClN2O5S/c1-3-35(31,32)28-26(30)19-8-12-25-23(15-19)29(16-20-9-11-24(20)33-2)13-5-4-6-18-14-22(27)10-7-21(18)17-34-25/h7-8,10,12,14-15,20,24H,3-6,9,11,13,16-17H2,1-2H3,(H,28,30)/t20-,24+/m0/s1. The number of nitrogens with one attached hydrogen (secondary N) is 1. The molecule has 1 fully saturated rings. The fourth-order valence-corrected chi connectivity index (χ4v) is 5.43. The number of methoxy groups -OCH3 is 1. The fourth-order valence-electron chi connectivity index (χ4n) is 4.69. The SMILES string of the molecule is CCS(=O)(=O)NC(=O)c1ccc2c(c1)N(C[C@@H]1CC[C@H]1OC)CCCCc1cc(Cl)ccc1CO2. The molecule has 1 aliphatic carbocycles. The summed E-state index contributed by atoms with van der Waals surface area (Å²) in [5.74, 6) is 0.257. The fraction of sp³-hybridized carbons (Fsp3) is 0.500. The van der Waals surface area contributed by atoms with E-state index < -0.39 is 15.9 Å². The summed E-state index contributed by atoms with van der Waals surface area (Å²) in [7, 11) is -1.91. The summed E-state index contributed by atoms with van der Waals surface area (Å²) >= 11 is 6.25. The van der Waals surface area contributed by atoms with Crippen molar-refractivity contribution in [2.75, 3.05) is 30.9 Å². The number of fused-ring (bicyclic) bond motifs is 2. The van der Waals surface area contributed by atoms with Crippen LogP contribution in [0.25, 0.3) is 0 Å². The number of aryl methyl sites for hydroxylation is 1. The average Bonchev–Trinajstić information content (AvgIpc) is 2.85. The Morgan fingerprint density at radius 2 is 2.00 bits per heavy atom. The van der Waals surface area contributed by atoms with Crippen molar-refractivity contribution >= 4 is 33.2 Å². The Labute approximate surface area is 212 Å². The minimum Gasteiger partial charge on any atom is -0.487 e. The molecule has 2 atom stereocenters. The number of benzene rings is 2. The lowest BCUT2D eigenvalue weighted by Crippen LogP contribution is -2.43. The van der Waals surface area contributed by atoms with E-state index in [4.69, 9.17) is 21.1 Å². The predicted molar refractivity (Wildman–Crippen MR) is 138 cm³/mol. The molecule has 0 radical (unpaired) electrons. The number of nitrogens with zero attached hydrogens (tertiary/aromatic N) is 1. The zero-order valence-corrected chi connectivity index (χ0v) is 21.8. The molecule has 0 saturated heterocycles. The van der Waals surface area contributed by atoms with Gasteiger partial charge in [-0.3, -0.25) is 4.79 Å². The number of hydrogen-bond donors (Lipinski definition) is 1. The van der Waals surface area contributed by atoms with Gasteiger partial charge >= 0.3 is 0 Å². The number of sulfonamides is 1. The lowest BCUT2D eigenvalue weighted by molar-refractivity contribution is -0.0126. The van der Waals surface area contributed by atoms with E-state index in [1.165, 1.54) is 12.5 Å². The van der Waals surface area contributed by atoms with Crippen LogP contribution in [0.4, 0.5) is 5.69 Å². The van der Waals surface area contributed by atoms with Crippen molar-refractivity contribution in [3.05, 3.63) is 58.1 Å². The molecule has 1 amide bonds. The molecule has 0 aromatic heterocycles. The van der Waals surface area contributed by atoms with Gasteiger partial charge < -0.3 is 14.4 Å². The minimum absolute atomic E-state index is 0.164. The van der Waals surface area contributed by atoms with Crippen LogP contribution in [0, 0.1) is 5.92 Å². The number of anilines is 1. The molecule has 7 nitrogen and oxygen atoms in total. The summed E-state index contributed by atoms with van der Waals surface area (Å²) in [4.78, 5) is 15.0. The molecule has 2 aliphatic rings. The lowest BCUT2D eigenvalue weighted by atomic mass is 9.81. The molecule has 1 heterocycles. The van der Waals surface area contributed by atoms with E-state index in [1.807, 2.05) is 18.2 Å². The largest absolute Gasteiger partial charge is 0.487 e. The van der Waals surface area contributed by atoms with E-state index in [0.29, 0.717) is 23.3 Å². The second-order valence-electron chi connectivity index (χ2n) is 9.23. The molecule has 0 spiro atoms. The lowest BCUT2D eigenvalue weighted by Gasteiger charge is -2.40. The Bertz CT molecular complexity index is 1170. The number of halogens is 1. The first-order chi connectivity index (χ1) is 16.8. The van der Waals surface area contributed by atoms with Crippen molar-refractivity contribution in [1.29, 1.82) is 0 Å².